The molecule has 1 aromatic heterocycles. The number of aryl methyl sites for hydroxylation is 1. The Balaban J connectivity index is 2.51. The van der Waals surface area contributed by atoms with Crippen LogP contribution in [0.2, 0.25) is 14.8 Å². The Hall–Kier alpha value is 0.0787. The van der Waals surface area contributed by atoms with Crippen molar-refractivity contribution in [1.29, 1.82) is 0 Å². The Labute approximate surface area is 91.8 Å². The van der Waals surface area contributed by atoms with E-state index in [0.717, 1.165) is 6.42 Å². The van der Waals surface area contributed by atoms with Gasteiger partial charge >= 0.3 is 91.9 Å². The Kier molecular flexibility index (Phi) is 4.55. The van der Waals surface area contributed by atoms with Gasteiger partial charge in [-0.05, 0) is 0 Å². The summed E-state index contributed by atoms with van der Waals surface area (Å²) in [6.07, 6.45) is 4.99. The molecule has 0 radical (unpaired) electrons. The molecule has 0 aliphatic heterocycles. The Morgan fingerprint density at radius 1 is 1.14 bits per heavy atom. The van der Waals surface area contributed by atoms with Crippen LogP contribution in [0, 0.1) is 0 Å². The van der Waals surface area contributed by atoms with Crippen LogP contribution in [0.5, 0.6) is 0 Å². The molecule has 0 unspecified atom stereocenters. The molecule has 0 bridgehead atoms. The SMILES string of the molecule is CCCCCc1cc[c]([Sn]([CH3])([CH3])[CH3])o1. The standard InChI is InChI=1S/C9H13O.3CH3.Sn/c1-2-3-4-6-9-7-5-8-10-9;;;;/h5,7H,2-4,6H2,1H3;3*1H3;. The first kappa shape index (κ1) is 12.1. The van der Waals surface area contributed by atoms with E-state index in [4.69, 9.17) is 4.42 Å². The molecule has 0 amide bonds. The summed E-state index contributed by atoms with van der Waals surface area (Å²) in [5.41, 5.74) is 0. The van der Waals surface area contributed by atoms with Gasteiger partial charge in [0.2, 0.25) is 0 Å². The predicted molar refractivity (Wildman–Crippen MR) is 64.9 cm³/mol. The second-order valence-electron chi connectivity index (χ2n) is 4.97. The molecule has 0 aliphatic rings. The van der Waals surface area contributed by atoms with Crippen LogP contribution in [0.3, 0.4) is 0 Å². The minimum atomic E-state index is -1.93. The van der Waals surface area contributed by atoms with Crippen molar-refractivity contribution in [2.75, 3.05) is 0 Å². The summed E-state index contributed by atoms with van der Waals surface area (Å²) in [7, 11) is 0. The van der Waals surface area contributed by atoms with Crippen molar-refractivity contribution in [1.82, 2.24) is 0 Å². The number of rotatable bonds is 5. The molecule has 0 N–H and O–H groups in total. The molecule has 1 aromatic rings. The molecular formula is C12H22OSn. The molecule has 0 atom stereocenters. The second kappa shape index (κ2) is 5.24. The van der Waals surface area contributed by atoms with Gasteiger partial charge in [-0.25, -0.2) is 0 Å². The fourth-order valence-corrected chi connectivity index (χ4v) is 4.38. The molecular weight excluding hydrogens is 279 g/mol. The zero-order valence-electron chi connectivity index (χ0n) is 9.89. The molecule has 1 rings (SSSR count). The first-order valence-electron chi connectivity index (χ1n) is 5.63. The molecule has 0 spiro atoms. The van der Waals surface area contributed by atoms with Crippen molar-refractivity contribution in [2.24, 2.45) is 0 Å². The van der Waals surface area contributed by atoms with E-state index in [9.17, 15) is 0 Å². The molecule has 2 heteroatoms. The zero-order chi connectivity index (χ0) is 10.6. The fourth-order valence-electron chi connectivity index (χ4n) is 1.46. The third-order valence-corrected chi connectivity index (χ3v) is 7.41. The van der Waals surface area contributed by atoms with Crippen molar-refractivity contribution in [3.05, 3.63) is 17.9 Å². The van der Waals surface area contributed by atoms with Crippen molar-refractivity contribution >= 4 is 22.2 Å². The first-order chi connectivity index (χ1) is 6.54. The molecule has 14 heavy (non-hydrogen) atoms. The quantitative estimate of drug-likeness (QED) is 0.599. The number of hydrogen-bond donors (Lipinski definition) is 0. The van der Waals surface area contributed by atoms with Crippen LogP contribution in [0.15, 0.2) is 16.5 Å². The van der Waals surface area contributed by atoms with Crippen molar-refractivity contribution < 1.29 is 4.42 Å². The van der Waals surface area contributed by atoms with E-state index in [0.29, 0.717) is 0 Å². The summed E-state index contributed by atoms with van der Waals surface area (Å²) in [5.74, 6) is 1.19. The van der Waals surface area contributed by atoms with E-state index in [-0.39, 0.29) is 0 Å². The molecule has 1 heterocycles. The van der Waals surface area contributed by atoms with Crippen LogP contribution in [0.1, 0.15) is 31.9 Å². The maximum atomic E-state index is 5.89. The van der Waals surface area contributed by atoms with Gasteiger partial charge in [-0.1, -0.05) is 0 Å². The third kappa shape index (κ3) is 3.68. The van der Waals surface area contributed by atoms with Crippen LogP contribution in [-0.2, 0) is 6.42 Å². The second-order valence-corrected chi connectivity index (χ2v) is 19.2. The van der Waals surface area contributed by atoms with Gasteiger partial charge in [0.05, 0.1) is 0 Å². The number of unbranched alkanes of at least 4 members (excludes halogenated alkanes) is 2. The van der Waals surface area contributed by atoms with E-state index in [1.165, 1.54) is 28.8 Å². The summed E-state index contributed by atoms with van der Waals surface area (Å²) >= 11 is -1.93. The molecule has 80 valence electrons. The van der Waals surface area contributed by atoms with E-state index in [2.05, 4.69) is 33.9 Å². The van der Waals surface area contributed by atoms with Crippen LogP contribution in [0.25, 0.3) is 0 Å². The molecule has 0 aromatic carbocycles. The van der Waals surface area contributed by atoms with E-state index in [1.54, 1.807) is 0 Å². The van der Waals surface area contributed by atoms with Crippen molar-refractivity contribution in [2.45, 2.75) is 47.4 Å². The molecule has 0 saturated heterocycles. The maximum absolute atomic E-state index is 5.89. The van der Waals surface area contributed by atoms with Gasteiger partial charge < -0.3 is 0 Å². The topological polar surface area (TPSA) is 13.1 Å². The monoisotopic (exact) mass is 302 g/mol. The van der Waals surface area contributed by atoms with Crippen LogP contribution in [-0.4, -0.2) is 18.4 Å². The molecule has 0 fully saturated rings. The van der Waals surface area contributed by atoms with Gasteiger partial charge in [-0.3, -0.25) is 0 Å². The number of hydrogen-bond acceptors (Lipinski definition) is 1. The molecule has 1 nitrogen and oxygen atoms in total. The Morgan fingerprint density at radius 2 is 1.86 bits per heavy atom. The average molecular weight is 301 g/mol. The van der Waals surface area contributed by atoms with Gasteiger partial charge in [0.25, 0.3) is 0 Å². The van der Waals surface area contributed by atoms with Crippen molar-refractivity contribution in [3.63, 3.8) is 0 Å². The van der Waals surface area contributed by atoms with E-state index < -0.39 is 18.4 Å². The third-order valence-electron chi connectivity index (χ3n) is 2.43. The van der Waals surface area contributed by atoms with Gasteiger partial charge in [-0.15, -0.1) is 0 Å². The van der Waals surface area contributed by atoms with E-state index in [1.807, 2.05) is 0 Å². The summed E-state index contributed by atoms with van der Waals surface area (Å²) < 4.78 is 7.20. The average Bonchev–Trinajstić information content (AvgIpc) is 2.52. The molecule has 0 saturated carbocycles. The van der Waals surface area contributed by atoms with Gasteiger partial charge in [0.1, 0.15) is 0 Å². The fraction of sp³-hybridized carbons (Fsp3) is 0.667. The van der Waals surface area contributed by atoms with Crippen LogP contribution < -0.4 is 3.78 Å². The number of furan rings is 1. The normalized spacial score (nSPS) is 12.0. The van der Waals surface area contributed by atoms with E-state index >= 15 is 0 Å². The first-order valence-corrected chi connectivity index (χ1v) is 15.6. The summed E-state index contributed by atoms with van der Waals surface area (Å²) in [5, 5.41) is 0. The zero-order valence-corrected chi connectivity index (χ0v) is 12.7. The van der Waals surface area contributed by atoms with Gasteiger partial charge in [0, 0.05) is 0 Å². The Bertz CT molecular complexity index is 270. The minimum absolute atomic E-state index is 1.12. The van der Waals surface area contributed by atoms with Crippen molar-refractivity contribution in [3.8, 4) is 0 Å². The molecule has 0 aliphatic carbocycles. The summed E-state index contributed by atoms with van der Waals surface area (Å²) in [6.45, 7) is 2.24. The summed E-state index contributed by atoms with van der Waals surface area (Å²) in [4.78, 5) is 7.18. The van der Waals surface area contributed by atoms with Gasteiger partial charge in [-0.2, -0.15) is 0 Å². The van der Waals surface area contributed by atoms with Crippen LogP contribution in [0.4, 0.5) is 0 Å². The van der Waals surface area contributed by atoms with Gasteiger partial charge in [0.15, 0.2) is 0 Å². The summed E-state index contributed by atoms with van der Waals surface area (Å²) in [6, 6.07) is 4.38. The Morgan fingerprint density at radius 3 is 2.36 bits per heavy atom. The predicted octanol–water partition coefficient (Wildman–Crippen LogP) is 3.56. The van der Waals surface area contributed by atoms with Crippen LogP contribution >= 0.6 is 0 Å².